The molecule has 1 amide bonds. The van der Waals surface area contributed by atoms with Crippen LogP contribution in [0.25, 0.3) is 0 Å². The molecule has 0 radical (unpaired) electrons. The molecule has 19 heavy (non-hydrogen) atoms. The van der Waals surface area contributed by atoms with E-state index >= 15 is 0 Å². The van der Waals surface area contributed by atoms with Crippen molar-refractivity contribution in [3.63, 3.8) is 0 Å². The highest BCUT2D eigenvalue weighted by atomic mass is 35.5. The SMILES string of the molecule is CCC(N)(CC)CNC(=O)c1cc(C)cc(Cl)c1.Cl. The van der Waals surface area contributed by atoms with Crippen LogP contribution in [0.3, 0.4) is 0 Å². The van der Waals surface area contributed by atoms with E-state index in [0.717, 1.165) is 18.4 Å². The van der Waals surface area contributed by atoms with Crippen LogP contribution >= 0.6 is 24.0 Å². The van der Waals surface area contributed by atoms with E-state index in [9.17, 15) is 4.79 Å². The van der Waals surface area contributed by atoms with E-state index in [1.807, 2.05) is 32.9 Å². The molecule has 0 aromatic heterocycles. The lowest BCUT2D eigenvalue weighted by molar-refractivity contribution is 0.0942. The molecule has 108 valence electrons. The third-order valence-corrected chi connectivity index (χ3v) is 3.53. The van der Waals surface area contributed by atoms with Gasteiger partial charge in [-0.15, -0.1) is 12.4 Å². The highest BCUT2D eigenvalue weighted by molar-refractivity contribution is 6.31. The van der Waals surface area contributed by atoms with E-state index in [1.165, 1.54) is 0 Å². The summed E-state index contributed by atoms with van der Waals surface area (Å²) in [5, 5.41) is 3.45. The van der Waals surface area contributed by atoms with Crippen molar-refractivity contribution in [2.24, 2.45) is 5.73 Å². The van der Waals surface area contributed by atoms with Crippen LogP contribution in [-0.4, -0.2) is 18.0 Å². The lowest BCUT2D eigenvalue weighted by Crippen LogP contribution is -2.49. The number of carbonyl (C=O) groups excluding carboxylic acids is 1. The Morgan fingerprint density at radius 1 is 1.32 bits per heavy atom. The molecule has 1 rings (SSSR count). The normalized spacial score (nSPS) is 10.8. The van der Waals surface area contributed by atoms with Crippen LogP contribution in [0.1, 0.15) is 42.6 Å². The molecule has 0 saturated carbocycles. The van der Waals surface area contributed by atoms with Gasteiger partial charge in [-0.05, 0) is 43.5 Å². The third kappa shape index (κ3) is 5.39. The minimum absolute atomic E-state index is 0. The first-order valence-corrected chi connectivity index (χ1v) is 6.62. The monoisotopic (exact) mass is 304 g/mol. The number of halogens is 2. The number of rotatable bonds is 5. The lowest BCUT2D eigenvalue weighted by atomic mass is 9.94. The molecule has 3 N–H and O–H groups in total. The molecule has 0 aliphatic heterocycles. The topological polar surface area (TPSA) is 55.1 Å². The number of hydrogen-bond acceptors (Lipinski definition) is 2. The van der Waals surface area contributed by atoms with E-state index in [2.05, 4.69) is 5.32 Å². The molecule has 0 aliphatic carbocycles. The predicted octanol–water partition coefficient (Wildman–Crippen LogP) is 3.32. The summed E-state index contributed by atoms with van der Waals surface area (Å²) in [6.45, 7) is 6.44. The van der Waals surface area contributed by atoms with Crippen LogP contribution in [-0.2, 0) is 0 Å². The smallest absolute Gasteiger partial charge is 0.251 e. The zero-order valence-corrected chi connectivity index (χ0v) is 13.2. The second-order valence-corrected chi connectivity index (χ2v) is 5.21. The Hall–Kier alpha value is -0.770. The van der Waals surface area contributed by atoms with Gasteiger partial charge >= 0.3 is 0 Å². The van der Waals surface area contributed by atoms with Gasteiger partial charge < -0.3 is 11.1 Å². The summed E-state index contributed by atoms with van der Waals surface area (Å²) in [6, 6.07) is 5.31. The summed E-state index contributed by atoms with van der Waals surface area (Å²) in [5.74, 6) is -0.127. The molecule has 0 heterocycles. The second kappa shape index (κ2) is 7.73. The van der Waals surface area contributed by atoms with E-state index < -0.39 is 0 Å². The quantitative estimate of drug-likeness (QED) is 0.877. The highest BCUT2D eigenvalue weighted by Gasteiger charge is 2.21. The van der Waals surface area contributed by atoms with E-state index in [1.54, 1.807) is 6.07 Å². The van der Waals surface area contributed by atoms with Crippen molar-refractivity contribution in [2.75, 3.05) is 6.54 Å². The van der Waals surface area contributed by atoms with Crippen molar-refractivity contribution in [3.8, 4) is 0 Å². The van der Waals surface area contributed by atoms with E-state index in [4.69, 9.17) is 17.3 Å². The molecule has 0 aliphatic rings. The average Bonchev–Trinajstić information content (AvgIpc) is 2.34. The Balaban J connectivity index is 0.00000324. The summed E-state index contributed by atoms with van der Waals surface area (Å²) in [6.07, 6.45) is 1.66. The van der Waals surface area contributed by atoms with Crippen molar-refractivity contribution in [3.05, 3.63) is 34.3 Å². The number of benzene rings is 1. The molecular formula is C14H22Cl2N2O. The van der Waals surface area contributed by atoms with Crippen LogP contribution in [0.15, 0.2) is 18.2 Å². The molecule has 0 atom stereocenters. The Morgan fingerprint density at radius 2 is 1.89 bits per heavy atom. The number of carbonyl (C=O) groups is 1. The molecule has 5 heteroatoms. The molecular weight excluding hydrogens is 283 g/mol. The van der Waals surface area contributed by atoms with Gasteiger partial charge in [-0.3, -0.25) is 4.79 Å². The number of hydrogen-bond donors (Lipinski definition) is 2. The van der Waals surface area contributed by atoms with E-state index in [-0.39, 0.29) is 23.9 Å². The lowest BCUT2D eigenvalue weighted by Gasteiger charge is -2.26. The van der Waals surface area contributed by atoms with Crippen LogP contribution in [0, 0.1) is 6.92 Å². The minimum atomic E-state index is -0.330. The molecule has 0 bridgehead atoms. The number of nitrogens with one attached hydrogen (secondary N) is 1. The third-order valence-electron chi connectivity index (χ3n) is 3.31. The number of nitrogens with two attached hydrogens (primary N) is 1. The minimum Gasteiger partial charge on any atom is -0.350 e. The fraction of sp³-hybridized carbons (Fsp3) is 0.500. The Kier molecular flexibility index (Phi) is 7.42. The van der Waals surface area contributed by atoms with Gasteiger partial charge in [0.05, 0.1) is 0 Å². The summed E-state index contributed by atoms with van der Waals surface area (Å²) < 4.78 is 0. The van der Waals surface area contributed by atoms with Gasteiger partial charge in [0.25, 0.3) is 5.91 Å². The average molecular weight is 305 g/mol. The summed E-state index contributed by atoms with van der Waals surface area (Å²) in [5.41, 5.74) is 7.36. The standard InChI is InChI=1S/C14H21ClN2O.ClH/c1-4-14(16,5-2)9-17-13(18)11-6-10(3)7-12(15)8-11;/h6-8H,4-5,9,16H2,1-3H3,(H,17,18);1H. The van der Waals surface area contributed by atoms with Gasteiger partial charge in [0.15, 0.2) is 0 Å². The fourth-order valence-corrected chi connectivity index (χ4v) is 2.02. The van der Waals surface area contributed by atoms with Crippen molar-refractivity contribution >= 4 is 29.9 Å². The maximum Gasteiger partial charge on any atom is 0.251 e. The Morgan fingerprint density at radius 3 is 2.37 bits per heavy atom. The fourth-order valence-electron chi connectivity index (χ4n) is 1.73. The summed E-state index contributed by atoms with van der Waals surface area (Å²) >= 11 is 5.93. The van der Waals surface area contributed by atoms with Gasteiger partial charge in [-0.2, -0.15) is 0 Å². The van der Waals surface area contributed by atoms with Gasteiger partial charge in [0.2, 0.25) is 0 Å². The first kappa shape index (κ1) is 18.2. The zero-order valence-electron chi connectivity index (χ0n) is 11.6. The predicted molar refractivity (Wildman–Crippen MR) is 83.3 cm³/mol. The van der Waals surface area contributed by atoms with Crippen LogP contribution < -0.4 is 11.1 Å². The molecule has 0 unspecified atom stereocenters. The van der Waals surface area contributed by atoms with Crippen LogP contribution in [0.2, 0.25) is 5.02 Å². The largest absolute Gasteiger partial charge is 0.350 e. The maximum absolute atomic E-state index is 12.0. The van der Waals surface area contributed by atoms with Gasteiger partial charge in [0.1, 0.15) is 0 Å². The molecule has 0 saturated heterocycles. The highest BCUT2D eigenvalue weighted by Crippen LogP contribution is 2.15. The van der Waals surface area contributed by atoms with Crippen molar-refractivity contribution < 1.29 is 4.79 Å². The summed E-state index contributed by atoms with van der Waals surface area (Å²) in [7, 11) is 0. The first-order valence-electron chi connectivity index (χ1n) is 6.24. The second-order valence-electron chi connectivity index (χ2n) is 4.77. The van der Waals surface area contributed by atoms with Gasteiger partial charge in [0, 0.05) is 22.7 Å². The molecule has 1 aromatic rings. The summed E-state index contributed by atoms with van der Waals surface area (Å²) in [4.78, 5) is 12.0. The Labute approximate surface area is 126 Å². The van der Waals surface area contributed by atoms with Crippen LogP contribution in [0.4, 0.5) is 0 Å². The van der Waals surface area contributed by atoms with Crippen molar-refractivity contribution in [2.45, 2.75) is 39.2 Å². The van der Waals surface area contributed by atoms with Gasteiger partial charge in [-0.25, -0.2) is 0 Å². The Bertz CT molecular complexity index is 411. The molecule has 0 fully saturated rings. The molecule has 1 aromatic carbocycles. The molecule has 3 nitrogen and oxygen atoms in total. The number of aryl methyl sites for hydroxylation is 1. The van der Waals surface area contributed by atoms with Crippen molar-refractivity contribution in [1.29, 1.82) is 0 Å². The number of amides is 1. The van der Waals surface area contributed by atoms with Gasteiger partial charge in [-0.1, -0.05) is 25.4 Å². The maximum atomic E-state index is 12.0. The van der Waals surface area contributed by atoms with Crippen LogP contribution in [0.5, 0.6) is 0 Å². The first-order chi connectivity index (χ1) is 8.40. The zero-order chi connectivity index (χ0) is 13.8. The van der Waals surface area contributed by atoms with Crippen molar-refractivity contribution in [1.82, 2.24) is 5.32 Å². The molecule has 0 spiro atoms. The van der Waals surface area contributed by atoms with E-state index in [0.29, 0.717) is 17.1 Å².